The molecule has 11 heteroatoms. The molecular formula is C25H30O11. The Morgan fingerprint density at radius 3 is 2.42 bits per heavy atom. The van der Waals surface area contributed by atoms with Gasteiger partial charge in [-0.2, -0.15) is 0 Å². The Labute approximate surface area is 207 Å². The number of aromatic hydroxyl groups is 1. The van der Waals surface area contributed by atoms with Crippen molar-refractivity contribution < 1.29 is 54.1 Å². The molecule has 2 aliphatic rings. The van der Waals surface area contributed by atoms with Crippen LogP contribution in [-0.2, 0) is 28.5 Å². The molecule has 0 aliphatic carbocycles. The number of aliphatic hydroxyl groups is 4. The fourth-order valence-electron chi connectivity index (χ4n) is 3.60. The first-order valence-corrected chi connectivity index (χ1v) is 11.3. The zero-order chi connectivity index (χ0) is 26.4. The summed E-state index contributed by atoms with van der Waals surface area (Å²) in [6.45, 7) is 2.87. The summed E-state index contributed by atoms with van der Waals surface area (Å²) < 4.78 is 21.1. The molecule has 1 aromatic carbocycles. The quantitative estimate of drug-likeness (QED) is 0.182. The van der Waals surface area contributed by atoms with Crippen molar-refractivity contribution in [3.63, 3.8) is 0 Å². The van der Waals surface area contributed by atoms with Crippen LogP contribution in [0.15, 0.2) is 53.6 Å². The monoisotopic (exact) mass is 506 g/mol. The van der Waals surface area contributed by atoms with Crippen molar-refractivity contribution in [3.8, 4) is 5.75 Å². The summed E-state index contributed by atoms with van der Waals surface area (Å²) in [5.41, 5.74) is 1.48. The third kappa shape index (κ3) is 7.00. The zero-order valence-electron chi connectivity index (χ0n) is 19.8. The standard InChI is InChI=1S/C25H30O11/c1-13(2)11-17-20(28)16(24(32)35-17)9-10-33-25-23(31)22(30)21(29)18(36-25)12-34-19(27)8-5-14-3-6-15(26)7-4-14/h3-9,11,17-18,20-23,25-26,28-31H,10,12H2,1-2H3/t17-,18+,20+,21-,22-,23+,25+/m1/s1. The van der Waals surface area contributed by atoms with Gasteiger partial charge >= 0.3 is 11.9 Å². The summed E-state index contributed by atoms with van der Waals surface area (Å²) >= 11 is 0. The molecule has 196 valence electrons. The molecule has 0 saturated carbocycles. The Balaban J connectivity index is 1.55. The lowest BCUT2D eigenvalue weighted by Gasteiger charge is -2.39. The number of aliphatic hydroxyl groups excluding tert-OH is 4. The molecule has 2 heterocycles. The lowest BCUT2D eigenvalue weighted by Crippen LogP contribution is -2.59. The molecule has 0 radical (unpaired) electrons. The molecule has 5 N–H and O–H groups in total. The lowest BCUT2D eigenvalue weighted by molar-refractivity contribution is -0.299. The molecule has 0 bridgehead atoms. The third-order valence-electron chi connectivity index (χ3n) is 5.53. The lowest BCUT2D eigenvalue weighted by atomic mass is 9.99. The highest BCUT2D eigenvalue weighted by Gasteiger charge is 2.45. The first-order valence-electron chi connectivity index (χ1n) is 11.3. The second kappa shape index (κ2) is 12.3. The average molecular weight is 507 g/mol. The average Bonchev–Trinajstić information content (AvgIpc) is 3.09. The molecule has 2 saturated heterocycles. The number of hydrogen-bond acceptors (Lipinski definition) is 11. The van der Waals surface area contributed by atoms with Gasteiger partial charge in [0.2, 0.25) is 0 Å². The van der Waals surface area contributed by atoms with Gasteiger partial charge in [-0.3, -0.25) is 0 Å². The normalized spacial score (nSPS) is 31.4. The minimum absolute atomic E-state index is 0.0192. The van der Waals surface area contributed by atoms with Crippen LogP contribution in [0.3, 0.4) is 0 Å². The smallest absolute Gasteiger partial charge is 0.337 e. The molecule has 2 fully saturated rings. The van der Waals surface area contributed by atoms with Crippen LogP contribution in [0.1, 0.15) is 19.4 Å². The van der Waals surface area contributed by atoms with E-state index >= 15 is 0 Å². The Bertz CT molecular complexity index is 1010. The van der Waals surface area contributed by atoms with Gasteiger partial charge in [0.25, 0.3) is 0 Å². The highest BCUT2D eigenvalue weighted by atomic mass is 16.7. The van der Waals surface area contributed by atoms with Gasteiger partial charge in [0.05, 0.1) is 12.2 Å². The Morgan fingerprint density at radius 2 is 1.75 bits per heavy atom. The van der Waals surface area contributed by atoms with Gasteiger partial charge in [-0.1, -0.05) is 17.7 Å². The fourth-order valence-corrected chi connectivity index (χ4v) is 3.60. The Kier molecular flexibility index (Phi) is 9.37. The molecule has 0 unspecified atom stereocenters. The van der Waals surface area contributed by atoms with E-state index in [0.717, 1.165) is 11.6 Å². The van der Waals surface area contributed by atoms with Crippen molar-refractivity contribution in [1.29, 1.82) is 0 Å². The van der Waals surface area contributed by atoms with Crippen LogP contribution >= 0.6 is 0 Å². The number of allylic oxidation sites excluding steroid dienone is 1. The van der Waals surface area contributed by atoms with Gasteiger partial charge < -0.3 is 44.5 Å². The molecule has 0 aromatic heterocycles. The summed E-state index contributed by atoms with van der Waals surface area (Å²) in [4.78, 5) is 24.0. The molecule has 0 spiro atoms. The number of carbonyl (C=O) groups is 2. The zero-order valence-corrected chi connectivity index (χ0v) is 19.8. The first kappa shape index (κ1) is 27.5. The summed E-state index contributed by atoms with van der Waals surface area (Å²) in [6.07, 6.45) is -3.99. The highest BCUT2D eigenvalue weighted by molar-refractivity contribution is 5.92. The number of hydrogen-bond donors (Lipinski definition) is 5. The van der Waals surface area contributed by atoms with Crippen LogP contribution in [0, 0.1) is 0 Å². The van der Waals surface area contributed by atoms with E-state index in [1.54, 1.807) is 32.1 Å². The topological polar surface area (TPSA) is 172 Å². The van der Waals surface area contributed by atoms with Crippen molar-refractivity contribution in [3.05, 3.63) is 59.2 Å². The molecule has 2 aliphatic heterocycles. The molecule has 0 amide bonds. The highest BCUT2D eigenvalue weighted by Crippen LogP contribution is 2.25. The maximum atomic E-state index is 12.0. The number of phenols is 1. The van der Waals surface area contributed by atoms with Gasteiger partial charge in [0.15, 0.2) is 12.4 Å². The Hall–Kier alpha value is -3.06. The summed E-state index contributed by atoms with van der Waals surface area (Å²) in [7, 11) is 0. The fraction of sp³-hybridized carbons (Fsp3) is 0.440. The summed E-state index contributed by atoms with van der Waals surface area (Å²) in [6, 6.07) is 6.10. The van der Waals surface area contributed by atoms with E-state index in [1.807, 2.05) is 0 Å². The molecule has 11 nitrogen and oxygen atoms in total. The number of carbonyl (C=O) groups excluding carboxylic acids is 2. The van der Waals surface area contributed by atoms with Crippen LogP contribution in [0.5, 0.6) is 5.75 Å². The van der Waals surface area contributed by atoms with Crippen molar-refractivity contribution in [2.45, 2.75) is 56.8 Å². The van der Waals surface area contributed by atoms with Crippen LogP contribution in [0.2, 0.25) is 0 Å². The largest absolute Gasteiger partial charge is 0.508 e. The molecule has 3 rings (SSSR count). The van der Waals surface area contributed by atoms with Crippen LogP contribution < -0.4 is 0 Å². The number of esters is 2. The summed E-state index contributed by atoms with van der Waals surface area (Å²) in [5.74, 6) is -1.38. The van der Waals surface area contributed by atoms with E-state index in [4.69, 9.17) is 18.9 Å². The number of phenolic OH excluding ortho intramolecular Hbond substituents is 1. The minimum Gasteiger partial charge on any atom is -0.508 e. The van der Waals surface area contributed by atoms with Gasteiger partial charge in [-0.25, -0.2) is 9.59 Å². The molecule has 7 atom stereocenters. The van der Waals surface area contributed by atoms with Gasteiger partial charge in [-0.15, -0.1) is 0 Å². The third-order valence-corrected chi connectivity index (χ3v) is 5.53. The van der Waals surface area contributed by atoms with E-state index in [0.29, 0.717) is 5.56 Å². The second-order valence-corrected chi connectivity index (χ2v) is 8.62. The number of ether oxygens (including phenoxy) is 4. The molecular weight excluding hydrogens is 476 g/mol. The number of benzene rings is 1. The van der Waals surface area contributed by atoms with Crippen LogP contribution in [0.25, 0.3) is 6.08 Å². The Morgan fingerprint density at radius 1 is 1.06 bits per heavy atom. The van der Waals surface area contributed by atoms with E-state index < -0.39 is 61.5 Å². The number of rotatable bonds is 8. The minimum atomic E-state index is -1.66. The van der Waals surface area contributed by atoms with Crippen LogP contribution in [-0.4, -0.2) is 93.6 Å². The predicted molar refractivity (Wildman–Crippen MR) is 124 cm³/mol. The van der Waals surface area contributed by atoms with Gasteiger partial charge in [0.1, 0.15) is 42.9 Å². The van der Waals surface area contributed by atoms with E-state index in [9.17, 15) is 35.1 Å². The van der Waals surface area contributed by atoms with Crippen molar-refractivity contribution in [2.75, 3.05) is 13.2 Å². The second-order valence-electron chi connectivity index (χ2n) is 8.62. The van der Waals surface area contributed by atoms with Gasteiger partial charge in [0, 0.05) is 6.08 Å². The maximum Gasteiger partial charge on any atom is 0.337 e. The SMILES string of the molecule is CC(C)=C[C@H]1OC(=O)C(=CCO[C@H]2O[C@@H](COC(=O)C=Cc3ccc(O)cc3)[C@@H](O)[C@@H](O)[C@@H]2O)[C@@H]1O. The van der Waals surface area contributed by atoms with Crippen molar-refractivity contribution in [1.82, 2.24) is 0 Å². The van der Waals surface area contributed by atoms with E-state index in [2.05, 4.69) is 0 Å². The van der Waals surface area contributed by atoms with Crippen molar-refractivity contribution >= 4 is 18.0 Å². The first-order chi connectivity index (χ1) is 17.1. The molecule has 1 aromatic rings. The molecule has 36 heavy (non-hydrogen) atoms. The predicted octanol–water partition coefficient (Wildman–Crippen LogP) is -0.0483. The van der Waals surface area contributed by atoms with Crippen LogP contribution in [0.4, 0.5) is 0 Å². The summed E-state index contributed by atoms with van der Waals surface area (Å²) in [5, 5.41) is 50.2. The van der Waals surface area contributed by atoms with E-state index in [1.165, 1.54) is 24.3 Å². The van der Waals surface area contributed by atoms with E-state index in [-0.39, 0.29) is 17.9 Å². The number of cyclic esters (lactones) is 1. The van der Waals surface area contributed by atoms with Gasteiger partial charge in [-0.05, 0) is 49.8 Å². The maximum absolute atomic E-state index is 12.0. The van der Waals surface area contributed by atoms with Crippen molar-refractivity contribution in [2.24, 2.45) is 0 Å².